The van der Waals surface area contributed by atoms with Gasteiger partial charge in [-0.05, 0) is 67.8 Å². The monoisotopic (exact) mass is 432 g/mol. The lowest BCUT2D eigenvalue weighted by atomic mass is 10.1. The van der Waals surface area contributed by atoms with E-state index < -0.39 is 0 Å². The quantitative estimate of drug-likeness (QED) is 0.401. The summed E-state index contributed by atoms with van der Waals surface area (Å²) in [5.41, 5.74) is 3.69. The Morgan fingerprint density at radius 3 is 2.19 bits per heavy atom. The molecule has 0 aliphatic heterocycles. The van der Waals surface area contributed by atoms with E-state index in [9.17, 15) is 4.79 Å². The van der Waals surface area contributed by atoms with Crippen LogP contribution in [-0.2, 0) is 12.8 Å². The largest absolute Gasteiger partial charge is 0.323 e. The maximum absolute atomic E-state index is 12.3. The maximum Gasteiger partial charge on any atom is 0.323 e. The lowest BCUT2D eigenvalue weighted by molar-refractivity contribution is 0.262. The van der Waals surface area contributed by atoms with E-state index in [1.54, 1.807) is 16.3 Å². The van der Waals surface area contributed by atoms with Crippen LogP contribution in [0.3, 0.4) is 0 Å². The predicted octanol–water partition coefficient (Wildman–Crippen LogP) is 5.35. The second-order valence-electron chi connectivity index (χ2n) is 7.07. The number of benzene rings is 2. The smallest absolute Gasteiger partial charge is 0.308 e. The Morgan fingerprint density at radius 1 is 0.935 bits per heavy atom. The van der Waals surface area contributed by atoms with E-state index in [4.69, 9.17) is 0 Å². The Hall–Kier alpha value is -3.39. The van der Waals surface area contributed by atoms with E-state index in [0.29, 0.717) is 11.6 Å². The Morgan fingerprint density at radius 2 is 1.58 bits per heavy atom. The summed E-state index contributed by atoms with van der Waals surface area (Å²) in [6.45, 7) is 6.03. The zero-order chi connectivity index (χ0) is 21.8. The van der Waals surface area contributed by atoms with Gasteiger partial charge < -0.3 is 10.6 Å². The van der Waals surface area contributed by atoms with Gasteiger partial charge in [-0.3, -0.25) is 0 Å². The second-order valence-corrected chi connectivity index (χ2v) is 8.16. The number of nitrogens with zero attached hydrogens (tertiary/aromatic N) is 4. The van der Waals surface area contributed by atoms with Gasteiger partial charge in [0.1, 0.15) is 10.9 Å². The molecule has 0 spiro atoms. The molecule has 0 atom stereocenters. The van der Waals surface area contributed by atoms with E-state index in [0.717, 1.165) is 39.8 Å². The molecule has 8 heteroatoms. The van der Waals surface area contributed by atoms with Gasteiger partial charge in [-0.1, -0.05) is 37.7 Å². The van der Waals surface area contributed by atoms with E-state index in [1.807, 2.05) is 61.5 Å². The zero-order valence-corrected chi connectivity index (χ0v) is 18.5. The number of amides is 2. The number of rotatable bonds is 6. The van der Waals surface area contributed by atoms with Crippen LogP contribution in [0.2, 0.25) is 0 Å². The van der Waals surface area contributed by atoms with Crippen molar-refractivity contribution in [2.75, 3.05) is 10.6 Å². The Bertz CT molecular complexity index is 1200. The number of hydrogen-bond donors (Lipinski definition) is 2. The second kappa shape index (κ2) is 9.18. The molecule has 2 aromatic carbocycles. The Balaban J connectivity index is 1.43. The first-order valence-electron chi connectivity index (χ1n) is 10.2. The van der Waals surface area contributed by atoms with Crippen molar-refractivity contribution >= 4 is 34.9 Å². The average Bonchev–Trinajstić information content (AvgIpc) is 3.16. The van der Waals surface area contributed by atoms with Gasteiger partial charge in [-0.25, -0.2) is 9.78 Å². The van der Waals surface area contributed by atoms with Gasteiger partial charge >= 0.3 is 6.03 Å². The number of urea groups is 1. The molecule has 4 aromatic rings. The van der Waals surface area contributed by atoms with Crippen molar-refractivity contribution in [1.29, 1.82) is 0 Å². The molecule has 0 unspecified atom stereocenters. The molecule has 2 amide bonds. The molecular weight excluding hydrogens is 408 g/mol. The number of hydrogen-bond acceptors (Lipinski definition) is 5. The summed E-state index contributed by atoms with van der Waals surface area (Å²) in [6.07, 6.45) is 1.80. The summed E-state index contributed by atoms with van der Waals surface area (Å²) in [5, 5.41) is 11.1. The molecule has 7 nitrogen and oxygen atoms in total. The molecule has 0 fully saturated rings. The zero-order valence-electron chi connectivity index (χ0n) is 17.7. The maximum atomic E-state index is 12.3. The van der Waals surface area contributed by atoms with Crippen molar-refractivity contribution in [3.05, 3.63) is 71.7 Å². The molecule has 0 saturated carbocycles. The number of carbonyl (C=O) groups excluding carboxylic acids is 1. The van der Waals surface area contributed by atoms with Gasteiger partial charge in [-0.15, -0.1) is 5.10 Å². The highest BCUT2D eigenvalue weighted by molar-refractivity contribution is 7.99. The normalized spacial score (nSPS) is 10.9. The third-order valence-electron chi connectivity index (χ3n) is 4.76. The molecule has 2 N–H and O–H groups in total. The summed E-state index contributed by atoms with van der Waals surface area (Å²) in [7, 11) is 0. The standard InChI is InChI=1S/C23H24N6OS/c1-4-16-6-8-18(9-7-16)26-23(30)27-19-10-12-20(13-11-19)31-21-14-17(5-2)25-22-24-15(3)28-29(21)22/h6-14H,4-5H2,1-3H3,(H2,26,27,30). The highest BCUT2D eigenvalue weighted by Crippen LogP contribution is 2.29. The molecule has 2 aromatic heterocycles. The van der Waals surface area contributed by atoms with Crippen LogP contribution in [-0.4, -0.2) is 25.6 Å². The SMILES string of the molecule is CCc1ccc(NC(=O)Nc2ccc(Sc3cc(CC)nc4nc(C)nn34)cc2)cc1. The van der Waals surface area contributed by atoms with Gasteiger partial charge in [0.2, 0.25) is 0 Å². The van der Waals surface area contributed by atoms with Gasteiger partial charge in [0.15, 0.2) is 0 Å². The summed E-state index contributed by atoms with van der Waals surface area (Å²) in [6, 6.07) is 17.3. The number of fused-ring (bicyclic) bond motifs is 1. The Labute approximate surface area is 185 Å². The summed E-state index contributed by atoms with van der Waals surface area (Å²) < 4.78 is 1.77. The van der Waals surface area contributed by atoms with Crippen LogP contribution in [0, 0.1) is 6.92 Å². The third-order valence-corrected chi connectivity index (χ3v) is 5.76. The van der Waals surface area contributed by atoms with Crippen LogP contribution in [0.5, 0.6) is 0 Å². The van der Waals surface area contributed by atoms with Crippen LogP contribution < -0.4 is 10.6 Å². The number of aromatic nitrogens is 4. The average molecular weight is 433 g/mol. The molecule has 0 aliphatic carbocycles. The summed E-state index contributed by atoms with van der Waals surface area (Å²) >= 11 is 1.59. The Kier molecular flexibility index (Phi) is 6.18. The van der Waals surface area contributed by atoms with Crippen molar-refractivity contribution in [2.45, 2.75) is 43.5 Å². The van der Waals surface area contributed by atoms with E-state index in [1.165, 1.54) is 5.56 Å². The number of nitrogens with one attached hydrogen (secondary N) is 2. The first-order chi connectivity index (χ1) is 15.0. The molecule has 0 radical (unpaired) electrons. The van der Waals surface area contributed by atoms with Crippen molar-refractivity contribution in [3.8, 4) is 0 Å². The van der Waals surface area contributed by atoms with Gasteiger partial charge in [0, 0.05) is 22.0 Å². The number of aryl methyl sites for hydroxylation is 3. The fraction of sp³-hybridized carbons (Fsp3) is 0.217. The van der Waals surface area contributed by atoms with Crippen molar-refractivity contribution in [3.63, 3.8) is 0 Å². The highest BCUT2D eigenvalue weighted by atomic mass is 32.2. The predicted molar refractivity (Wildman–Crippen MR) is 124 cm³/mol. The fourth-order valence-corrected chi connectivity index (χ4v) is 4.00. The van der Waals surface area contributed by atoms with Crippen LogP contribution >= 0.6 is 11.8 Å². The fourth-order valence-electron chi connectivity index (χ4n) is 3.09. The van der Waals surface area contributed by atoms with Gasteiger partial charge in [-0.2, -0.15) is 9.50 Å². The molecule has 0 aliphatic rings. The first kappa shape index (κ1) is 20.9. The summed E-state index contributed by atoms with van der Waals surface area (Å²) in [4.78, 5) is 22.2. The van der Waals surface area contributed by atoms with Gasteiger partial charge in [0.05, 0.1) is 0 Å². The lowest BCUT2D eigenvalue weighted by Gasteiger charge is -2.09. The molecule has 4 rings (SSSR count). The lowest BCUT2D eigenvalue weighted by Crippen LogP contribution is -2.19. The first-order valence-corrected chi connectivity index (χ1v) is 11.0. The van der Waals surface area contributed by atoms with E-state index >= 15 is 0 Å². The topological polar surface area (TPSA) is 84.2 Å². The third kappa shape index (κ3) is 5.03. The van der Waals surface area contributed by atoms with Crippen molar-refractivity contribution in [1.82, 2.24) is 19.6 Å². The number of carbonyl (C=O) groups is 1. The molecule has 2 heterocycles. The minimum absolute atomic E-state index is 0.272. The molecule has 31 heavy (non-hydrogen) atoms. The van der Waals surface area contributed by atoms with Crippen molar-refractivity contribution < 1.29 is 4.79 Å². The van der Waals surface area contributed by atoms with Crippen LogP contribution in [0.1, 0.15) is 30.9 Å². The highest BCUT2D eigenvalue weighted by Gasteiger charge is 2.11. The molecule has 0 saturated heterocycles. The van der Waals surface area contributed by atoms with Crippen molar-refractivity contribution in [2.24, 2.45) is 0 Å². The van der Waals surface area contributed by atoms with Gasteiger partial charge in [0.25, 0.3) is 5.78 Å². The van der Waals surface area contributed by atoms with Crippen LogP contribution in [0.15, 0.2) is 64.5 Å². The minimum atomic E-state index is -0.272. The number of anilines is 2. The van der Waals surface area contributed by atoms with E-state index in [-0.39, 0.29) is 6.03 Å². The van der Waals surface area contributed by atoms with Crippen LogP contribution in [0.25, 0.3) is 5.78 Å². The van der Waals surface area contributed by atoms with Crippen LogP contribution in [0.4, 0.5) is 16.2 Å². The molecule has 158 valence electrons. The molecular formula is C23H24N6OS. The summed E-state index contributed by atoms with van der Waals surface area (Å²) in [5.74, 6) is 1.30. The minimum Gasteiger partial charge on any atom is -0.308 e. The molecule has 0 bridgehead atoms. The van der Waals surface area contributed by atoms with E-state index in [2.05, 4.69) is 39.5 Å².